The summed E-state index contributed by atoms with van der Waals surface area (Å²) < 4.78 is 10.7. The molecule has 0 amide bonds. The van der Waals surface area contributed by atoms with Gasteiger partial charge in [0.25, 0.3) is 0 Å². The molecule has 3 heteroatoms. The summed E-state index contributed by atoms with van der Waals surface area (Å²) in [5, 5.41) is 0. The second-order valence-electron chi connectivity index (χ2n) is 0.218. The molecule has 0 aromatic heterocycles. The zero-order valence-electron chi connectivity index (χ0n) is 1.87. The van der Waals surface area contributed by atoms with Crippen LogP contribution < -0.4 is 0 Å². The molecule has 0 atom stereocenters. The fraction of sp³-hybridized carbons (Fsp3) is 1.00. The standard InChI is InChI=1S/CH2FIS/c2-1-4-3/h1H2. The van der Waals surface area contributed by atoms with Crippen molar-refractivity contribution in [3.63, 3.8) is 0 Å². The molecule has 0 N–H and O–H groups in total. The Morgan fingerprint density at radius 1 is 2.00 bits per heavy atom. The first kappa shape index (κ1) is 5.01. The van der Waals surface area contributed by atoms with Gasteiger partial charge in [0.05, 0.1) is 0 Å². The van der Waals surface area contributed by atoms with E-state index < -0.39 is 0 Å². The maximum absolute atomic E-state index is 10.7. The summed E-state index contributed by atoms with van der Waals surface area (Å²) in [5.74, 6) is 0. The fourth-order valence-corrected chi connectivity index (χ4v) is 0. The largest absolute Gasteiger partial charge is 0.238 e. The van der Waals surface area contributed by atoms with Gasteiger partial charge in [0.15, 0.2) is 0 Å². The predicted molar refractivity (Wildman–Crippen MR) is 27.6 cm³/mol. The van der Waals surface area contributed by atoms with E-state index in [1.54, 1.807) is 0 Å². The molecule has 0 saturated heterocycles. The van der Waals surface area contributed by atoms with Gasteiger partial charge in [-0.1, -0.05) is 8.93 Å². The maximum atomic E-state index is 10.7. The predicted octanol–water partition coefficient (Wildman–Crippen LogP) is 2.00. The van der Waals surface area contributed by atoms with Crippen molar-refractivity contribution in [2.75, 3.05) is 6.01 Å². The van der Waals surface area contributed by atoms with Gasteiger partial charge in [0, 0.05) is 0 Å². The summed E-state index contributed by atoms with van der Waals surface area (Å²) in [6.07, 6.45) is 0. The third kappa shape index (κ3) is 3.01. The van der Waals surface area contributed by atoms with Crippen molar-refractivity contribution in [1.82, 2.24) is 0 Å². The van der Waals surface area contributed by atoms with Crippen LogP contribution in [0.2, 0.25) is 0 Å². The third-order valence-corrected chi connectivity index (χ3v) is 0.830. The van der Waals surface area contributed by atoms with Crippen molar-refractivity contribution in [2.45, 2.75) is 0 Å². The zero-order chi connectivity index (χ0) is 3.41. The molecule has 0 nitrogen and oxygen atoms in total. The van der Waals surface area contributed by atoms with E-state index in [1.165, 1.54) is 0 Å². The molecule has 0 radical (unpaired) electrons. The molecule has 0 heterocycles. The van der Waals surface area contributed by atoms with Crippen LogP contribution in [0.4, 0.5) is 4.39 Å². The van der Waals surface area contributed by atoms with Crippen LogP contribution in [0.25, 0.3) is 0 Å². The molecule has 0 bridgehead atoms. The SMILES string of the molecule is FCSI. The van der Waals surface area contributed by atoms with Gasteiger partial charge >= 0.3 is 0 Å². The summed E-state index contributed by atoms with van der Waals surface area (Å²) in [4.78, 5) is 0. The van der Waals surface area contributed by atoms with Crippen LogP contribution in [-0.2, 0) is 0 Å². The van der Waals surface area contributed by atoms with Crippen molar-refractivity contribution < 1.29 is 4.39 Å². The average Bonchev–Trinajstić information content (AvgIpc) is 1.37. The van der Waals surface area contributed by atoms with Crippen molar-refractivity contribution >= 4 is 30.1 Å². The van der Waals surface area contributed by atoms with Crippen LogP contribution >= 0.6 is 30.1 Å². The van der Waals surface area contributed by atoms with E-state index in [2.05, 4.69) is 0 Å². The molecular weight excluding hydrogens is 190 g/mol. The first-order valence-corrected chi connectivity index (χ1v) is 4.24. The first-order chi connectivity index (χ1) is 1.91. The van der Waals surface area contributed by atoms with Gasteiger partial charge in [-0.3, -0.25) is 0 Å². The second kappa shape index (κ2) is 4.01. The molecule has 0 unspecified atom stereocenters. The van der Waals surface area contributed by atoms with Crippen molar-refractivity contribution in [1.29, 1.82) is 0 Å². The second-order valence-corrected chi connectivity index (χ2v) is 2.52. The Hall–Kier alpha value is 1.01. The molecule has 0 rings (SSSR count). The van der Waals surface area contributed by atoms with Crippen molar-refractivity contribution in [3.8, 4) is 0 Å². The quantitative estimate of drug-likeness (QED) is 0.572. The van der Waals surface area contributed by atoms with E-state index in [4.69, 9.17) is 0 Å². The number of rotatable bonds is 1. The summed E-state index contributed by atoms with van der Waals surface area (Å²) >= 11 is 1.89. The number of hydrogen-bond donors (Lipinski definition) is 0. The maximum Gasteiger partial charge on any atom is 0.144 e. The first-order valence-electron chi connectivity index (χ1n) is 0.710. The lowest BCUT2D eigenvalue weighted by Crippen LogP contribution is -1.38. The lowest BCUT2D eigenvalue weighted by Gasteiger charge is -1.62. The van der Waals surface area contributed by atoms with Gasteiger partial charge in [-0.25, -0.2) is 4.39 Å². The number of hydrogen-bond acceptors (Lipinski definition) is 1. The van der Waals surface area contributed by atoms with Gasteiger partial charge in [0.2, 0.25) is 0 Å². The Bertz CT molecular complexity index is 10.0. The van der Waals surface area contributed by atoms with Gasteiger partial charge in [0.1, 0.15) is 6.01 Å². The zero-order valence-corrected chi connectivity index (χ0v) is 4.85. The summed E-state index contributed by atoms with van der Waals surface area (Å²) in [5.41, 5.74) is 0. The fourth-order valence-electron chi connectivity index (χ4n) is 0. The molecule has 0 aliphatic rings. The van der Waals surface area contributed by atoms with Crippen LogP contribution in [0.1, 0.15) is 0 Å². The molecular formula is CH2FIS. The van der Waals surface area contributed by atoms with Crippen LogP contribution in [0.5, 0.6) is 0 Å². The Morgan fingerprint density at radius 2 is 2.25 bits per heavy atom. The molecule has 0 aliphatic carbocycles. The highest BCUT2D eigenvalue weighted by Crippen LogP contribution is 2.08. The lowest BCUT2D eigenvalue weighted by molar-refractivity contribution is 0.608. The molecule has 4 heavy (non-hydrogen) atoms. The third-order valence-electron chi connectivity index (χ3n) is 0.0412. The number of halogens is 2. The molecule has 0 aromatic carbocycles. The minimum atomic E-state index is -0.277. The summed E-state index contributed by atoms with van der Waals surface area (Å²) in [7, 11) is 1.16. The Labute approximate surface area is 40.7 Å². The summed E-state index contributed by atoms with van der Waals surface area (Å²) in [6.45, 7) is 0. The van der Waals surface area contributed by atoms with Gasteiger partial charge in [-0.2, -0.15) is 0 Å². The Kier molecular flexibility index (Phi) is 5.02. The lowest BCUT2D eigenvalue weighted by atomic mass is 11.8. The molecule has 0 spiro atoms. The van der Waals surface area contributed by atoms with Crippen molar-refractivity contribution in [2.24, 2.45) is 0 Å². The van der Waals surface area contributed by atoms with Gasteiger partial charge in [-0.15, -0.1) is 0 Å². The van der Waals surface area contributed by atoms with E-state index >= 15 is 0 Å². The molecule has 0 aliphatic heterocycles. The molecule has 0 aromatic rings. The monoisotopic (exact) mass is 192 g/mol. The van der Waals surface area contributed by atoms with E-state index in [1.807, 2.05) is 21.2 Å². The topological polar surface area (TPSA) is 0 Å². The normalized spacial score (nSPS) is 7.50. The molecule has 0 saturated carbocycles. The Morgan fingerprint density at radius 3 is 2.25 bits per heavy atom. The van der Waals surface area contributed by atoms with Crippen LogP contribution in [-0.4, -0.2) is 6.01 Å². The van der Waals surface area contributed by atoms with E-state index in [0.717, 1.165) is 8.93 Å². The van der Waals surface area contributed by atoms with Crippen molar-refractivity contribution in [3.05, 3.63) is 0 Å². The highest BCUT2D eigenvalue weighted by atomic mass is 127. The van der Waals surface area contributed by atoms with Gasteiger partial charge < -0.3 is 0 Å². The Balaban J connectivity index is 1.97. The van der Waals surface area contributed by atoms with Gasteiger partial charge in [-0.05, 0) is 21.2 Å². The average molecular weight is 192 g/mol. The van der Waals surface area contributed by atoms with E-state index in [9.17, 15) is 4.39 Å². The van der Waals surface area contributed by atoms with Crippen LogP contribution in [0.3, 0.4) is 0 Å². The van der Waals surface area contributed by atoms with Crippen LogP contribution in [0.15, 0.2) is 0 Å². The highest BCUT2D eigenvalue weighted by molar-refractivity contribution is 14.2. The number of alkyl halides is 1. The summed E-state index contributed by atoms with van der Waals surface area (Å²) in [6, 6.07) is -0.277. The van der Waals surface area contributed by atoms with E-state index in [-0.39, 0.29) is 6.01 Å². The highest BCUT2D eigenvalue weighted by Gasteiger charge is 1.62. The molecule has 26 valence electrons. The minimum Gasteiger partial charge on any atom is -0.238 e. The van der Waals surface area contributed by atoms with E-state index in [0.29, 0.717) is 0 Å². The smallest absolute Gasteiger partial charge is 0.144 e. The molecule has 0 fully saturated rings. The minimum absolute atomic E-state index is 0.277. The van der Waals surface area contributed by atoms with Crippen LogP contribution in [0, 0.1) is 0 Å².